The molecule has 2 aromatic rings. The molecule has 1 aliphatic heterocycles. The minimum absolute atomic E-state index is 0.326. The van der Waals surface area contributed by atoms with Gasteiger partial charge in [-0.3, -0.25) is 0 Å². The maximum atomic E-state index is 13.1. The first-order chi connectivity index (χ1) is 9.72. The Bertz CT molecular complexity index is 591. The number of halogens is 2. The van der Waals surface area contributed by atoms with Gasteiger partial charge in [0.1, 0.15) is 11.6 Å². The van der Waals surface area contributed by atoms with Gasteiger partial charge in [-0.05, 0) is 50.0 Å². The maximum Gasteiger partial charge on any atom is 0.124 e. The fourth-order valence-corrected chi connectivity index (χ4v) is 2.94. The molecule has 0 saturated carbocycles. The average molecular weight is 294 g/mol. The van der Waals surface area contributed by atoms with Crippen LogP contribution < -0.4 is 5.32 Å². The Kier molecular flexibility index (Phi) is 4.03. The molecule has 20 heavy (non-hydrogen) atoms. The lowest BCUT2D eigenvalue weighted by Crippen LogP contribution is -2.28. The summed E-state index contributed by atoms with van der Waals surface area (Å²) >= 11 is 6.07. The molecule has 106 valence electrons. The normalized spacial score (nSPS) is 16.5. The Morgan fingerprint density at radius 3 is 2.85 bits per heavy atom. The smallest absolute Gasteiger partial charge is 0.124 e. The van der Waals surface area contributed by atoms with Crippen LogP contribution in [0.1, 0.15) is 18.7 Å². The summed E-state index contributed by atoms with van der Waals surface area (Å²) in [6, 6.07) is 4.41. The first-order valence-corrected chi connectivity index (χ1v) is 7.30. The molecule has 3 nitrogen and oxygen atoms in total. The number of aromatic amines is 1. The van der Waals surface area contributed by atoms with E-state index in [-0.39, 0.29) is 5.82 Å². The number of piperidine rings is 1. The third-order valence-electron chi connectivity index (χ3n) is 3.79. The fraction of sp³-hybridized carbons (Fsp3) is 0.400. The van der Waals surface area contributed by atoms with Crippen molar-refractivity contribution in [1.29, 1.82) is 0 Å². The highest BCUT2D eigenvalue weighted by atomic mass is 35.5. The minimum Gasteiger partial charge on any atom is -0.342 e. The van der Waals surface area contributed by atoms with E-state index in [0.717, 1.165) is 36.6 Å². The molecule has 0 unspecified atom stereocenters. The van der Waals surface area contributed by atoms with Crippen LogP contribution >= 0.6 is 11.6 Å². The summed E-state index contributed by atoms with van der Waals surface area (Å²) in [6.07, 6.45) is 5.11. The van der Waals surface area contributed by atoms with Crippen LogP contribution in [0.3, 0.4) is 0 Å². The van der Waals surface area contributed by atoms with E-state index in [9.17, 15) is 4.39 Å². The zero-order valence-electron chi connectivity index (χ0n) is 11.1. The molecule has 5 heteroatoms. The van der Waals surface area contributed by atoms with Gasteiger partial charge in [0.2, 0.25) is 0 Å². The topological polar surface area (TPSA) is 40.7 Å². The predicted molar refractivity (Wildman–Crippen MR) is 78.3 cm³/mol. The molecule has 0 amide bonds. The molecule has 1 aromatic carbocycles. The molecule has 0 bridgehead atoms. The van der Waals surface area contributed by atoms with Gasteiger partial charge in [0.15, 0.2) is 0 Å². The number of benzene rings is 1. The van der Waals surface area contributed by atoms with Gasteiger partial charge in [0, 0.05) is 12.0 Å². The van der Waals surface area contributed by atoms with Crippen LogP contribution in [0.25, 0.3) is 11.3 Å². The lowest BCUT2D eigenvalue weighted by molar-refractivity contribution is 0.368. The van der Waals surface area contributed by atoms with Gasteiger partial charge in [-0.25, -0.2) is 9.37 Å². The van der Waals surface area contributed by atoms with E-state index in [2.05, 4.69) is 15.3 Å². The average Bonchev–Trinajstić information content (AvgIpc) is 2.88. The SMILES string of the molecule is Fc1ccc(-c2cnc(CC3CCNCC3)[nH]2)c(Cl)c1. The van der Waals surface area contributed by atoms with Crippen LogP contribution in [0.5, 0.6) is 0 Å². The van der Waals surface area contributed by atoms with Crippen molar-refractivity contribution in [2.45, 2.75) is 19.3 Å². The van der Waals surface area contributed by atoms with Gasteiger partial charge in [0.25, 0.3) is 0 Å². The summed E-state index contributed by atoms with van der Waals surface area (Å²) in [5, 5.41) is 3.77. The van der Waals surface area contributed by atoms with Crippen LogP contribution in [0, 0.1) is 11.7 Å². The van der Waals surface area contributed by atoms with Gasteiger partial charge in [-0.15, -0.1) is 0 Å². The minimum atomic E-state index is -0.326. The predicted octanol–water partition coefficient (Wildman–Crippen LogP) is 3.41. The van der Waals surface area contributed by atoms with Crippen molar-refractivity contribution >= 4 is 11.6 Å². The highest BCUT2D eigenvalue weighted by molar-refractivity contribution is 6.33. The van der Waals surface area contributed by atoms with E-state index in [1.54, 1.807) is 12.3 Å². The molecule has 0 radical (unpaired) electrons. The summed E-state index contributed by atoms with van der Waals surface area (Å²) in [5.74, 6) is 1.33. The van der Waals surface area contributed by atoms with E-state index in [1.807, 2.05) is 0 Å². The maximum absolute atomic E-state index is 13.1. The number of rotatable bonds is 3. The zero-order valence-corrected chi connectivity index (χ0v) is 11.9. The number of aromatic nitrogens is 2. The lowest BCUT2D eigenvalue weighted by atomic mass is 9.94. The Balaban J connectivity index is 1.75. The molecule has 1 aliphatic rings. The monoisotopic (exact) mass is 293 g/mol. The number of hydrogen-bond donors (Lipinski definition) is 2. The second kappa shape index (κ2) is 5.94. The second-order valence-corrected chi connectivity index (χ2v) is 5.67. The molecule has 2 N–H and O–H groups in total. The first kappa shape index (κ1) is 13.6. The van der Waals surface area contributed by atoms with Crippen LogP contribution in [0.2, 0.25) is 5.02 Å². The van der Waals surface area contributed by atoms with E-state index in [0.29, 0.717) is 10.9 Å². The molecule has 1 aromatic heterocycles. The quantitative estimate of drug-likeness (QED) is 0.910. The summed E-state index contributed by atoms with van der Waals surface area (Å²) < 4.78 is 13.1. The van der Waals surface area contributed by atoms with Crippen molar-refractivity contribution < 1.29 is 4.39 Å². The van der Waals surface area contributed by atoms with Crippen LogP contribution in [0.15, 0.2) is 24.4 Å². The second-order valence-electron chi connectivity index (χ2n) is 5.27. The van der Waals surface area contributed by atoms with Crippen molar-refractivity contribution in [2.75, 3.05) is 13.1 Å². The number of nitrogens with one attached hydrogen (secondary N) is 2. The Hall–Kier alpha value is -1.39. The molecule has 3 rings (SSSR count). The van der Waals surface area contributed by atoms with E-state index < -0.39 is 0 Å². The summed E-state index contributed by atoms with van der Waals surface area (Å²) in [6.45, 7) is 2.17. The highest BCUT2D eigenvalue weighted by Gasteiger charge is 2.16. The molecule has 0 aliphatic carbocycles. The summed E-state index contributed by atoms with van der Waals surface area (Å²) in [5.41, 5.74) is 1.64. The standard InChI is InChI=1S/C15H17ClFN3/c16-13-8-11(17)1-2-12(13)14-9-19-15(20-14)7-10-3-5-18-6-4-10/h1-2,8-10,18H,3-7H2,(H,19,20). The highest BCUT2D eigenvalue weighted by Crippen LogP contribution is 2.27. The fourth-order valence-electron chi connectivity index (χ4n) is 2.67. The van der Waals surface area contributed by atoms with Gasteiger partial charge in [-0.1, -0.05) is 11.6 Å². The lowest BCUT2D eigenvalue weighted by Gasteiger charge is -2.21. The first-order valence-electron chi connectivity index (χ1n) is 6.92. The van der Waals surface area contributed by atoms with Gasteiger partial charge in [0.05, 0.1) is 16.9 Å². The van der Waals surface area contributed by atoms with E-state index in [1.165, 1.54) is 25.0 Å². The van der Waals surface area contributed by atoms with Gasteiger partial charge < -0.3 is 10.3 Å². The third-order valence-corrected chi connectivity index (χ3v) is 4.10. The Morgan fingerprint density at radius 1 is 1.30 bits per heavy atom. The van der Waals surface area contributed by atoms with Crippen molar-refractivity contribution in [3.05, 3.63) is 41.1 Å². The Morgan fingerprint density at radius 2 is 2.10 bits per heavy atom. The number of nitrogens with zero attached hydrogens (tertiary/aromatic N) is 1. The largest absolute Gasteiger partial charge is 0.342 e. The van der Waals surface area contributed by atoms with Crippen molar-refractivity contribution in [2.24, 2.45) is 5.92 Å². The van der Waals surface area contributed by atoms with Crippen molar-refractivity contribution in [3.8, 4) is 11.3 Å². The molecular formula is C15H17ClFN3. The molecule has 1 saturated heterocycles. The van der Waals surface area contributed by atoms with Crippen molar-refractivity contribution in [1.82, 2.24) is 15.3 Å². The molecule has 1 fully saturated rings. The third kappa shape index (κ3) is 3.02. The molecule has 0 spiro atoms. The van der Waals surface area contributed by atoms with Crippen LogP contribution in [0.4, 0.5) is 4.39 Å². The Labute approximate surface area is 122 Å². The number of hydrogen-bond acceptors (Lipinski definition) is 2. The summed E-state index contributed by atoms with van der Waals surface area (Å²) in [7, 11) is 0. The molecule has 0 atom stereocenters. The van der Waals surface area contributed by atoms with Crippen molar-refractivity contribution in [3.63, 3.8) is 0 Å². The van der Waals surface area contributed by atoms with E-state index in [4.69, 9.17) is 11.6 Å². The number of H-pyrrole nitrogens is 1. The molecule has 2 heterocycles. The number of imidazole rings is 1. The van der Waals surface area contributed by atoms with Crippen LogP contribution in [-0.4, -0.2) is 23.1 Å². The van der Waals surface area contributed by atoms with E-state index >= 15 is 0 Å². The van der Waals surface area contributed by atoms with Gasteiger partial charge in [-0.2, -0.15) is 0 Å². The zero-order chi connectivity index (χ0) is 13.9. The van der Waals surface area contributed by atoms with Crippen LogP contribution in [-0.2, 0) is 6.42 Å². The molecular weight excluding hydrogens is 277 g/mol. The summed E-state index contributed by atoms with van der Waals surface area (Å²) in [4.78, 5) is 7.72. The van der Waals surface area contributed by atoms with Gasteiger partial charge >= 0.3 is 0 Å².